The number of thioether (sulfide) groups is 1. The van der Waals surface area contributed by atoms with Gasteiger partial charge < -0.3 is 10.1 Å². The van der Waals surface area contributed by atoms with E-state index in [0.717, 1.165) is 17.8 Å². The van der Waals surface area contributed by atoms with E-state index in [1.807, 2.05) is 0 Å². The lowest BCUT2D eigenvalue weighted by Gasteiger charge is -2.07. The molecule has 130 valence electrons. The van der Waals surface area contributed by atoms with Gasteiger partial charge in [-0.2, -0.15) is 5.26 Å². The predicted octanol–water partition coefficient (Wildman–Crippen LogP) is 3.58. The average molecular weight is 371 g/mol. The minimum absolute atomic E-state index is 0.0375. The van der Waals surface area contributed by atoms with Crippen LogP contribution in [0.25, 0.3) is 11.3 Å². The molecule has 8 heteroatoms. The molecule has 0 radical (unpaired) electrons. The molecule has 26 heavy (non-hydrogen) atoms. The number of aromatic hydroxyl groups is 1. The summed E-state index contributed by atoms with van der Waals surface area (Å²) < 4.78 is 27.0. The fraction of sp³-hybridized carbons (Fsp3) is 0.0556. The third-order valence-electron chi connectivity index (χ3n) is 3.53. The maximum absolute atomic E-state index is 13.7. The van der Waals surface area contributed by atoms with Crippen LogP contribution in [0.1, 0.15) is 11.1 Å². The molecule has 1 heterocycles. The van der Waals surface area contributed by atoms with E-state index in [2.05, 4.69) is 9.97 Å². The molecule has 3 rings (SSSR count). The normalized spacial score (nSPS) is 10.5. The number of phenols is 1. The number of hydrogen-bond donors (Lipinski definition) is 2. The maximum atomic E-state index is 13.7. The van der Waals surface area contributed by atoms with Crippen LogP contribution in [0.3, 0.4) is 0 Å². The number of aromatic nitrogens is 2. The van der Waals surface area contributed by atoms with E-state index >= 15 is 0 Å². The molecule has 2 aromatic carbocycles. The highest BCUT2D eigenvalue weighted by atomic mass is 32.2. The minimum atomic E-state index is -0.954. The molecule has 0 aliphatic rings. The average Bonchev–Trinajstić information content (AvgIpc) is 2.62. The molecule has 1 aromatic heterocycles. The van der Waals surface area contributed by atoms with Gasteiger partial charge in [0.15, 0.2) is 16.8 Å². The van der Waals surface area contributed by atoms with Crippen LogP contribution < -0.4 is 5.56 Å². The highest BCUT2D eigenvalue weighted by Crippen LogP contribution is 2.27. The SMILES string of the molecule is N#Cc1c(-c2cccc(O)c2)nc(SCc2cccc(F)c2F)[nH]c1=O. The highest BCUT2D eigenvalue weighted by molar-refractivity contribution is 7.98. The Bertz CT molecular complexity index is 1080. The van der Waals surface area contributed by atoms with Crippen molar-refractivity contribution in [3.05, 3.63) is 75.6 Å². The van der Waals surface area contributed by atoms with Gasteiger partial charge in [-0.25, -0.2) is 13.8 Å². The number of rotatable bonds is 4. The van der Waals surface area contributed by atoms with E-state index in [4.69, 9.17) is 0 Å². The number of phenolic OH excluding ortho intramolecular Hbond substituents is 1. The number of hydrogen-bond acceptors (Lipinski definition) is 5. The summed E-state index contributed by atoms with van der Waals surface area (Å²) in [4.78, 5) is 18.8. The lowest BCUT2D eigenvalue weighted by Crippen LogP contribution is -2.14. The van der Waals surface area contributed by atoms with Gasteiger partial charge in [0.2, 0.25) is 0 Å². The molecule has 0 aliphatic carbocycles. The molecular weight excluding hydrogens is 360 g/mol. The van der Waals surface area contributed by atoms with Crippen molar-refractivity contribution < 1.29 is 13.9 Å². The maximum Gasteiger partial charge on any atom is 0.270 e. The summed E-state index contributed by atoms with van der Waals surface area (Å²) in [6.45, 7) is 0. The Balaban J connectivity index is 1.98. The number of halogens is 2. The standard InChI is InChI=1S/C18H11F2N3O2S/c19-14-6-2-4-11(15(14)20)9-26-18-22-16(13(8-21)17(25)23-18)10-3-1-5-12(24)7-10/h1-7,24H,9H2,(H,22,23,25). The first kappa shape index (κ1) is 17.6. The Kier molecular flexibility index (Phi) is 5.00. The van der Waals surface area contributed by atoms with Gasteiger partial charge in [-0.3, -0.25) is 4.79 Å². The Morgan fingerprint density at radius 1 is 1.23 bits per heavy atom. The monoisotopic (exact) mass is 371 g/mol. The molecule has 0 bridgehead atoms. The van der Waals surface area contributed by atoms with E-state index in [-0.39, 0.29) is 33.5 Å². The van der Waals surface area contributed by atoms with Gasteiger partial charge >= 0.3 is 0 Å². The van der Waals surface area contributed by atoms with Gasteiger partial charge in [0.05, 0.1) is 5.69 Å². The number of nitrogens with one attached hydrogen (secondary N) is 1. The zero-order chi connectivity index (χ0) is 18.7. The van der Waals surface area contributed by atoms with Gasteiger partial charge in [0.1, 0.15) is 17.4 Å². The zero-order valence-electron chi connectivity index (χ0n) is 13.2. The lowest BCUT2D eigenvalue weighted by atomic mass is 10.1. The van der Waals surface area contributed by atoms with Crippen molar-refractivity contribution in [2.45, 2.75) is 10.9 Å². The van der Waals surface area contributed by atoms with Crippen LogP contribution in [-0.2, 0) is 5.75 Å². The van der Waals surface area contributed by atoms with E-state index in [1.54, 1.807) is 18.2 Å². The molecular formula is C18H11F2N3O2S. The van der Waals surface area contributed by atoms with Gasteiger partial charge in [-0.1, -0.05) is 36.0 Å². The van der Waals surface area contributed by atoms with Crippen LogP contribution >= 0.6 is 11.8 Å². The molecule has 0 atom stereocenters. The van der Waals surface area contributed by atoms with Crippen LogP contribution in [-0.4, -0.2) is 15.1 Å². The number of benzene rings is 2. The van der Waals surface area contributed by atoms with E-state index < -0.39 is 17.2 Å². The summed E-state index contributed by atoms with van der Waals surface area (Å²) >= 11 is 0.998. The van der Waals surface area contributed by atoms with Crippen molar-refractivity contribution in [2.24, 2.45) is 0 Å². The van der Waals surface area contributed by atoms with Crippen molar-refractivity contribution in [1.82, 2.24) is 9.97 Å². The first-order chi connectivity index (χ1) is 12.5. The lowest BCUT2D eigenvalue weighted by molar-refractivity contribution is 0.475. The second-order valence-electron chi connectivity index (χ2n) is 5.26. The third-order valence-corrected chi connectivity index (χ3v) is 4.45. The zero-order valence-corrected chi connectivity index (χ0v) is 14.0. The van der Waals surface area contributed by atoms with Crippen molar-refractivity contribution in [3.8, 4) is 23.1 Å². The van der Waals surface area contributed by atoms with E-state index in [9.17, 15) is 23.9 Å². The van der Waals surface area contributed by atoms with Crippen LogP contribution in [0.2, 0.25) is 0 Å². The van der Waals surface area contributed by atoms with Crippen LogP contribution in [0.15, 0.2) is 52.4 Å². The van der Waals surface area contributed by atoms with Crippen molar-refractivity contribution in [1.29, 1.82) is 5.26 Å². The number of H-pyrrole nitrogens is 1. The Morgan fingerprint density at radius 3 is 2.73 bits per heavy atom. The van der Waals surface area contributed by atoms with Crippen LogP contribution in [0.4, 0.5) is 8.78 Å². The van der Waals surface area contributed by atoms with Crippen LogP contribution in [0, 0.1) is 23.0 Å². The number of aromatic amines is 1. The molecule has 0 fully saturated rings. The summed E-state index contributed by atoms with van der Waals surface area (Å²) in [6, 6.07) is 11.6. The van der Waals surface area contributed by atoms with Gasteiger partial charge in [0.25, 0.3) is 5.56 Å². The molecule has 0 amide bonds. The fourth-order valence-electron chi connectivity index (χ4n) is 2.29. The van der Waals surface area contributed by atoms with Gasteiger partial charge in [-0.15, -0.1) is 0 Å². The first-order valence-electron chi connectivity index (χ1n) is 7.39. The summed E-state index contributed by atoms with van der Waals surface area (Å²) in [5.41, 5.74) is -0.221. The summed E-state index contributed by atoms with van der Waals surface area (Å²) in [5.74, 6) is -1.91. The minimum Gasteiger partial charge on any atom is -0.508 e. The quantitative estimate of drug-likeness (QED) is 0.540. The topological polar surface area (TPSA) is 89.8 Å². The molecule has 0 spiro atoms. The smallest absolute Gasteiger partial charge is 0.270 e. The number of nitrogens with zero attached hydrogens (tertiary/aromatic N) is 2. The molecule has 5 nitrogen and oxygen atoms in total. The molecule has 2 N–H and O–H groups in total. The molecule has 0 aliphatic heterocycles. The number of nitriles is 1. The van der Waals surface area contributed by atoms with Crippen molar-refractivity contribution in [3.63, 3.8) is 0 Å². The Morgan fingerprint density at radius 2 is 2.00 bits per heavy atom. The summed E-state index contributed by atoms with van der Waals surface area (Å²) in [5, 5.41) is 19.0. The molecule has 0 saturated heterocycles. The van der Waals surface area contributed by atoms with E-state index in [0.29, 0.717) is 5.56 Å². The second kappa shape index (κ2) is 7.37. The molecule has 3 aromatic rings. The van der Waals surface area contributed by atoms with Crippen LogP contribution in [0.5, 0.6) is 5.75 Å². The van der Waals surface area contributed by atoms with E-state index in [1.165, 1.54) is 24.3 Å². The third kappa shape index (κ3) is 3.58. The van der Waals surface area contributed by atoms with Crippen molar-refractivity contribution >= 4 is 11.8 Å². The summed E-state index contributed by atoms with van der Waals surface area (Å²) in [6.07, 6.45) is 0. The largest absolute Gasteiger partial charge is 0.508 e. The predicted molar refractivity (Wildman–Crippen MR) is 92.6 cm³/mol. The second-order valence-corrected chi connectivity index (χ2v) is 6.22. The van der Waals surface area contributed by atoms with Gasteiger partial charge in [0, 0.05) is 16.9 Å². The highest BCUT2D eigenvalue weighted by Gasteiger charge is 2.15. The first-order valence-corrected chi connectivity index (χ1v) is 8.37. The van der Waals surface area contributed by atoms with Crippen molar-refractivity contribution in [2.75, 3.05) is 0 Å². The molecule has 0 saturated carbocycles. The Hall–Kier alpha value is -3.18. The van der Waals surface area contributed by atoms with Gasteiger partial charge in [-0.05, 0) is 18.2 Å². The Labute approximate surface area is 151 Å². The summed E-state index contributed by atoms with van der Waals surface area (Å²) in [7, 11) is 0. The molecule has 0 unspecified atom stereocenters. The fourth-order valence-corrected chi connectivity index (χ4v) is 3.13.